The number of esters is 2. The number of carbonyl (C=O) groups is 2. The van der Waals surface area contributed by atoms with Crippen LogP contribution in [0.5, 0.6) is 0 Å². The molecule has 12 bridgehead atoms. The Bertz CT molecular complexity index is 2500. The molecule has 3 spiro atoms. The number of hydrogen-bond acceptors (Lipinski definition) is 8. The van der Waals surface area contributed by atoms with Crippen LogP contribution in [0.15, 0.2) is 64.3 Å². The predicted octanol–water partition coefficient (Wildman–Crippen LogP) is 12.4. The summed E-state index contributed by atoms with van der Waals surface area (Å²) in [7, 11) is 0. The Morgan fingerprint density at radius 3 is 2.38 bits per heavy atom. The van der Waals surface area contributed by atoms with Crippen molar-refractivity contribution in [1.82, 2.24) is 9.80 Å². The fourth-order valence-corrected chi connectivity index (χ4v) is 21.7. The highest BCUT2D eigenvalue weighted by molar-refractivity contribution is 6.00. The number of carbonyl (C=O) groups excluding carboxylic acids is 2. The molecule has 8 nitrogen and oxygen atoms in total. The first kappa shape index (κ1) is 45.1. The molecular formula is C63H83N3O5. The van der Waals surface area contributed by atoms with E-state index in [4.69, 9.17) is 15.2 Å². The van der Waals surface area contributed by atoms with Crippen molar-refractivity contribution in [3.63, 3.8) is 0 Å². The van der Waals surface area contributed by atoms with Gasteiger partial charge in [-0.05, 0) is 154 Å². The molecule has 0 radical (unpaired) electrons. The molecule has 17 aliphatic rings. The zero-order valence-electron chi connectivity index (χ0n) is 42.9. The summed E-state index contributed by atoms with van der Waals surface area (Å²) in [6, 6.07) is 7.20. The van der Waals surface area contributed by atoms with Gasteiger partial charge in [-0.2, -0.15) is 0 Å². The van der Waals surface area contributed by atoms with Gasteiger partial charge in [0, 0.05) is 61.2 Å². The maximum absolute atomic E-state index is 16.6. The molecule has 8 aliphatic carbocycles. The monoisotopic (exact) mass is 962 g/mol. The Balaban J connectivity index is 1.00. The van der Waals surface area contributed by atoms with Crippen molar-refractivity contribution in [2.75, 3.05) is 26.2 Å². The average Bonchev–Trinajstić information content (AvgIpc) is 3.86. The highest BCUT2D eigenvalue weighted by atomic mass is 16.6. The van der Waals surface area contributed by atoms with Crippen molar-refractivity contribution in [3.8, 4) is 0 Å². The highest BCUT2D eigenvalue weighted by Gasteiger charge is 2.94. The van der Waals surface area contributed by atoms with Gasteiger partial charge in [0.2, 0.25) is 0 Å². The lowest BCUT2D eigenvalue weighted by Gasteiger charge is -2.73. The molecule has 0 aromatic heterocycles. The van der Waals surface area contributed by atoms with E-state index < -0.39 is 16.4 Å². The Morgan fingerprint density at radius 2 is 1.58 bits per heavy atom. The topological polar surface area (TPSA) is 105 Å². The Hall–Kier alpha value is -3.36. The van der Waals surface area contributed by atoms with Gasteiger partial charge < -0.3 is 25.2 Å². The number of nitrogens with zero attached hydrogens (tertiary/aromatic N) is 2. The second kappa shape index (κ2) is 16.8. The molecule has 1 aromatic carbocycles. The fourth-order valence-electron chi connectivity index (χ4n) is 21.7. The van der Waals surface area contributed by atoms with Crippen molar-refractivity contribution in [2.24, 2.45) is 81.7 Å². The van der Waals surface area contributed by atoms with Crippen LogP contribution in [0.2, 0.25) is 0 Å². The molecule has 18 rings (SSSR count). The van der Waals surface area contributed by atoms with Gasteiger partial charge in [-0.15, -0.1) is 0 Å². The number of piperidine rings is 2. The van der Waals surface area contributed by atoms with Crippen molar-refractivity contribution in [2.45, 2.75) is 191 Å². The molecule has 3 saturated heterocycles. The van der Waals surface area contributed by atoms with Gasteiger partial charge in [0.15, 0.2) is 11.4 Å². The molecule has 3 N–H and O–H groups in total. The molecule has 71 heavy (non-hydrogen) atoms. The largest absolute Gasteiger partial charge is 0.509 e. The minimum atomic E-state index is -1.13. The summed E-state index contributed by atoms with van der Waals surface area (Å²) in [5, 5.41) is 13.6. The van der Waals surface area contributed by atoms with Gasteiger partial charge in [-0.3, -0.25) is 9.69 Å². The normalized spacial score (nSPS) is 45.1. The van der Waals surface area contributed by atoms with Gasteiger partial charge in [0.25, 0.3) is 0 Å². The van der Waals surface area contributed by atoms with Crippen LogP contribution < -0.4 is 5.73 Å². The van der Waals surface area contributed by atoms with E-state index in [2.05, 4.69) is 40.2 Å². The number of fused-ring (bicyclic) bond motifs is 3. The number of nitrogens with two attached hydrogens (primary N) is 1. The number of allylic oxidation sites excluding steroid dienone is 4. The molecule has 14 atom stereocenters. The van der Waals surface area contributed by atoms with Crippen molar-refractivity contribution < 1.29 is 24.2 Å². The number of hydrogen-bond donors (Lipinski definition) is 2. The van der Waals surface area contributed by atoms with E-state index in [1.165, 1.54) is 128 Å². The maximum atomic E-state index is 16.6. The number of ether oxygens (including phenoxy) is 2. The lowest BCUT2D eigenvalue weighted by Crippen LogP contribution is -2.78. The third-order valence-electron chi connectivity index (χ3n) is 24.0. The molecule has 4 saturated carbocycles. The zero-order valence-corrected chi connectivity index (χ0v) is 42.9. The van der Waals surface area contributed by atoms with Crippen molar-refractivity contribution >= 4 is 11.9 Å². The molecule has 1 unspecified atom stereocenters. The lowest BCUT2D eigenvalue weighted by atomic mass is 9.27. The summed E-state index contributed by atoms with van der Waals surface area (Å²) in [6.07, 6.45) is 36.5. The SMILES string of the molecule is NCCCc1cccc2c1C(=O)O[C@@]21[C@H]2C[C@H](C3CCCCC3)/C=C\[C@H]3C[C@@H]4[C@@H]5C6=C3[C@@]23C(=O)O/C(=C(/O)C[C@H](CC2CCCCC2)N2C[C@H]7C[C@@H](C2)[C@H]2CCC(=C5N2C7)C[C@@H]4C2CCCCC2)[C@]31CC6. The van der Waals surface area contributed by atoms with Crippen LogP contribution in [0.1, 0.15) is 188 Å². The molecule has 8 heteroatoms. The third kappa shape index (κ3) is 6.10. The van der Waals surface area contributed by atoms with Crippen LogP contribution in [0.25, 0.3) is 0 Å². The third-order valence-corrected chi connectivity index (χ3v) is 24.0. The first-order valence-electron chi connectivity index (χ1n) is 30.2. The van der Waals surface area contributed by atoms with Crippen molar-refractivity contribution in [1.29, 1.82) is 0 Å². The van der Waals surface area contributed by atoms with Gasteiger partial charge in [-0.1, -0.05) is 125 Å². The van der Waals surface area contributed by atoms with Crippen LogP contribution in [-0.2, 0) is 26.3 Å². The van der Waals surface area contributed by atoms with E-state index in [0.717, 1.165) is 68.8 Å². The summed E-state index contributed by atoms with van der Waals surface area (Å²) in [5.74, 6) is 5.23. The minimum absolute atomic E-state index is 0.120. The average molecular weight is 962 g/mol. The lowest BCUT2D eigenvalue weighted by molar-refractivity contribution is -0.282. The maximum Gasteiger partial charge on any atom is 0.339 e. The quantitative estimate of drug-likeness (QED) is 0.206. The van der Waals surface area contributed by atoms with E-state index in [1.54, 1.807) is 16.8 Å². The number of aliphatic hydroxyl groups excluding tert-OH is 1. The predicted molar refractivity (Wildman–Crippen MR) is 274 cm³/mol. The van der Waals surface area contributed by atoms with E-state index in [1.807, 2.05) is 0 Å². The molecule has 1 aromatic rings. The first-order chi connectivity index (χ1) is 34.8. The van der Waals surface area contributed by atoms with E-state index in [0.29, 0.717) is 84.6 Å². The fraction of sp³-hybridized carbons (Fsp3) is 0.746. The number of rotatable bonds is 7. The van der Waals surface area contributed by atoms with E-state index >= 15 is 9.59 Å². The second-order valence-corrected chi connectivity index (χ2v) is 26.8. The summed E-state index contributed by atoms with van der Waals surface area (Å²) >= 11 is 0. The van der Waals surface area contributed by atoms with Gasteiger partial charge in [-0.25, -0.2) is 4.79 Å². The van der Waals surface area contributed by atoms with Crippen LogP contribution in [0.3, 0.4) is 0 Å². The molecule has 9 heterocycles. The smallest absolute Gasteiger partial charge is 0.339 e. The molecule has 7 fully saturated rings. The highest BCUT2D eigenvalue weighted by Crippen LogP contribution is 2.88. The summed E-state index contributed by atoms with van der Waals surface area (Å²) in [5.41, 5.74) is 12.1. The van der Waals surface area contributed by atoms with Crippen LogP contribution >= 0.6 is 0 Å². The van der Waals surface area contributed by atoms with Crippen molar-refractivity contribution in [3.05, 3.63) is 81.0 Å². The summed E-state index contributed by atoms with van der Waals surface area (Å²) in [6.45, 7) is 3.90. The Morgan fingerprint density at radius 1 is 0.789 bits per heavy atom. The van der Waals surface area contributed by atoms with Crippen LogP contribution in [0.4, 0.5) is 0 Å². The van der Waals surface area contributed by atoms with Crippen LogP contribution in [0, 0.1) is 75.9 Å². The summed E-state index contributed by atoms with van der Waals surface area (Å²) in [4.78, 5) is 37.7. The molecule has 380 valence electrons. The van der Waals surface area contributed by atoms with Gasteiger partial charge in [0.05, 0.1) is 11.0 Å². The first-order valence-corrected chi connectivity index (χ1v) is 30.2. The molecular weight excluding hydrogens is 879 g/mol. The van der Waals surface area contributed by atoms with Gasteiger partial charge >= 0.3 is 11.9 Å². The van der Waals surface area contributed by atoms with E-state index in [9.17, 15) is 5.11 Å². The molecule has 0 amide bonds. The van der Waals surface area contributed by atoms with Crippen LogP contribution in [-0.4, -0.2) is 65.1 Å². The number of aliphatic hydroxyl groups is 1. The zero-order chi connectivity index (χ0) is 47.4. The van der Waals surface area contributed by atoms with Gasteiger partial charge in [0.1, 0.15) is 11.2 Å². The second-order valence-electron chi connectivity index (χ2n) is 26.8. The van der Waals surface area contributed by atoms with E-state index in [-0.39, 0.29) is 41.5 Å². The number of aryl methyl sites for hydroxylation is 1. The summed E-state index contributed by atoms with van der Waals surface area (Å²) < 4.78 is 14.7. The Labute approximate surface area is 424 Å². The minimum Gasteiger partial charge on any atom is -0.509 e. The number of benzene rings is 1. The Kier molecular flexibility index (Phi) is 10.7. The molecule has 9 aliphatic heterocycles. The standard InChI is InChI=1S/C63H83N3O5/c64-27-11-19-41-18-10-20-50-54(41)59(68)71-63(50)53-32-42(39-14-6-2-7-15-39)21-22-43-30-49-48(40-16-8-3-9-17-40)31-44-23-24-51-45-28-38-34-65(36-45)46(29-37-12-4-1-5-13-37)33-52(67)58-61(63)26-25-47(55(49)57(44)66(51)35-38)56(43)62(53,61)60(69)70-58/h10,18,20-22,37-40,42-43,45-46,48-49,51,53,55,67H,1-9,11-17,19,23-36,64H2/b22-21-,58-52+/t38-,42-,43+,45+,46+,48-,49+,51-,53+,55+,61-,62-,63-/m1/s1.